The number of fused-ring (bicyclic) bond motifs is 1. The Morgan fingerprint density at radius 3 is 2.42 bits per heavy atom. The van der Waals surface area contributed by atoms with E-state index >= 15 is 0 Å². The van der Waals surface area contributed by atoms with Crippen molar-refractivity contribution >= 4 is 34.5 Å². The lowest BCUT2D eigenvalue weighted by atomic mass is 9.70. The molecule has 0 bridgehead atoms. The maximum atomic E-state index is 14.8. The summed E-state index contributed by atoms with van der Waals surface area (Å²) in [4.78, 5) is 20.8. The van der Waals surface area contributed by atoms with Crippen molar-refractivity contribution < 1.29 is 38.0 Å². The third-order valence-electron chi connectivity index (χ3n) is 8.35. The highest BCUT2D eigenvalue weighted by Gasteiger charge is 2.45. The topological polar surface area (TPSA) is 169 Å². The first-order chi connectivity index (χ1) is 22.5. The summed E-state index contributed by atoms with van der Waals surface area (Å²) >= 11 is 6.51. The molecule has 6 N–H and O–H groups in total. The molecule has 0 aliphatic heterocycles. The van der Waals surface area contributed by atoms with Crippen molar-refractivity contribution in [3.8, 4) is 28.4 Å². The number of ether oxygens (including phenoxy) is 1. The number of nitrogens with one attached hydrogen (secondary N) is 1. The van der Waals surface area contributed by atoms with Crippen LogP contribution >= 0.6 is 11.6 Å². The number of phenolic OH excluding ortho intramolecular Hbond substituents is 2. The molecule has 0 fully saturated rings. The Morgan fingerprint density at radius 1 is 1.08 bits per heavy atom. The quantitative estimate of drug-likeness (QED) is 0.0850. The second-order valence-corrected chi connectivity index (χ2v) is 12.7. The zero-order valence-electron chi connectivity index (χ0n) is 26.3. The van der Waals surface area contributed by atoms with Crippen molar-refractivity contribution in [3.63, 3.8) is 0 Å². The molecule has 1 atom stereocenters. The number of nitrogen functional groups attached to an aromatic ring is 1. The number of pyridine rings is 2. The molecule has 48 heavy (non-hydrogen) atoms. The fourth-order valence-electron chi connectivity index (χ4n) is 5.38. The predicted molar refractivity (Wildman–Crippen MR) is 173 cm³/mol. The van der Waals surface area contributed by atoms with Gasteiger partial charge in [-0.2, -0.15) is 5.10 Å². The van der Waals surface area contributed by atoms with E-state index < -0.39 is 47.5 Å². The van der Waals surface area contributed by atoms with Gasteiger partial charge in [-0.3, -0.25) is 0 Å². The van der Waals surface area contributed by atoms with E-state index in [0.29, 0.717) is 27.9 Å². The minimum Gasteiger partial charge on any atom is -0.507 e. The number of nitrogens with zero attached hydrogens (tertiary/aromatic N) is 4. The van der Waals surface area contributed by atoms with Crippen LogP contribution in [0, 0.1) is 29.8 Å². The standard InChI is InChI=1S/C33H32ClF3N6O5/c1-16-19-10-18(13-39-30(19)43(42-16)14-21-23(44)6-5-7-24(21)45)20-11-25(29(38)40-28(20)34)48-15-33(32(2,3)4,41-31(46)47)12-17-8-9-22(35)27(37)26(17)36/h5-11,13,41,44-45H,12,14-15H2,1-4H3,(H2,38,40)(H,46,47)/t33-/m1/s1. The molecule has 0 saturated heterocycles. The molecular formula is C33H32ClF3N6O5. The van der Waals surface area contributed by atoms with Gasteiger partial charge in [0.2, 0.25) is 0 Å². The molecule has 0 saturated carbocycles. The third kappa shape index (κ3) is 6.47. The van der Waals surface area contributed by atoms with Gasteiger partial charge in [0.1, 0.15) is 23.3 Å². The molecule has 15 heteroatoms. The van der Waals surface area contributed by atoms with Crippen molar-refractivity contribution in [2.24, 2.45) is 5.41 Å². The van der Waals surface area contributed by atoms with Crippen molar-refractivity contribution in [3.05, 3.63) is 88.1 Å². The fourth-order valence-corrected chi connectivity index (χ4v) is 5.64. The Balaban J connectivity index is 1.50. The Kier molecular flexibility index (Phi) is 9.06. The monoisotopic (exact) mass is 684 g/mol. The normalized spacial score (nSPS) is 13.0. The Labute approximate surface area is 277 Å². The highest BCUT2D eigenvalue weighted by Crippen LogP contribution is 2.39. The van der Waals surface area contributed by atoms with Crippen LogP contribution in [0.1, 0.15) is 37.6 Å². The number of aromatic hydroxyl groups is 2. The zero-order chi connectivity index (χ0) is 35.1. The largest absolute Gasteiger partial charge is 0.507 e. The van der Waals surface area contributed by atoms with Gasteiger partial charge in [0.15, 0.2) is 34.7 Å². The van der Waals surface area contributed by atoms with Gasteiger partial charge in [-0.05, 0) is 48.2 Å². The van der Waals surface area contributed by atoms with E-state index in [1.165, 1.54) is 35.1 Å². The first kappa shape index (κ1) is 34.1. The highest BCUT2D eigenvalue weighted by atomic mass is 35.5. The molecular weight excluding hydrogens is 653 g/mol. The molecule has 3 aromatic heterocycles. The van der Waals surface area contributed by atoms with Crippen molar-refractivity contribution in [1.82, 2.24) is 25.1 Å². The van der Waals surface area contributed by atoms with Gasteiger partial charge in [0.05, 0.1) is 23.3 Å². The molecule has 5 rings (SSSR count). The number of carbonyl (C=O) groups is 1. The molecule has 0 aliphatic rings. The predicted octanol–water partition coefficient (Wildman–Crippen LogP) is 6.59. The molecule has 2 aromatic carbocycles. The Hall–Kier alpha value is -5.24. The summed E-state index contributed by atoms with van der Waals surface area (Å²) < 4.78 is 50.2. The molecule has 0 unspecified atom stereocenters. The summed E-state index contributed by atoms with van der Waals surface area (Å²) in [6.45, 7) is 6.45. The number of carboxylic acid groups (broad SMARTS) is 1. The average Bonchev–Trinajstić information content (AvgIpc) is 3.32. The lowest BCUT2D eigenvalue weighted by molar-refractivity contribution is 0.0681. The number of benzene rings is 2. The van der Waals surface area contributed by atoms with Gasteiger partial charge >= 0.3 is 6.09 Å². The number of halogens is 4. The number of aryl methyl sites for hydroxylation is 1. The van der Waals surface area contributed by atoms with Crippen molar-refractivity contribution in [2.45, 2.75) is 46.2 Å². The van der Waals surface area contributed by atoms with Crippen LogP contribution in [0.25, 0.3) is 22.2 Å². The minimum absolute atomic E-state index is 0.0137. The van der Waals surface area contributed by atoms with Gasteiger partial charge in [-0.15, -0.1) is 0 Å². The van der Waals surface area contributed by atoms with Crippen LogP contribution in [0.3, 0.4) is 0 Å². The molecule has 11 nitrogen and oxygen atoms in total. The van der Waals surface area contributed by atoms with Crippen LogP contribution in [-0.2, 0) is 13.0 Å². The van der Waals surface area contributed by atoms with Crippen LogP contribution in [0.2, 0.25) is 5.15 Å². The first-order valence-electron chi connectivity index (χ1n) is 14.6. The summed E-state index contributed by atoms with van der Waals surface area (Å²) in [7, 11) is 0. The van der Waals surface area contributed by atoms with Gasteiger partial charge < -0.3 is 31.1 Å². The van der Waals surface area contributed by atoms with Gasteiger partial charge in [-0.25, -0.2) is 32.6 Å². The van der Waals surface area contributed by atoms with Gasteiger partial charge in [0.25, 0.3) is 0 Å². The highest BCUT2D eigenvalue weighted by molar-refractivity contribution is 6.32. The van der Waals surface area contributed by atoms with Crippen LogP contribution < -0.4 is 15.8 Å². The maximum Gasteiger partial charge on any atom is 0.405 e. The number of nitrogens with two attached hydrogens (primary N) is 1. The summed E-state index contributed by atoms with van der Waals surface area (Å²) in [5, 5.41) is 37.9. The van der Waals surface area contributed by atoms with Crippen LogP contribution in [0.15, 0.2) is 48.7 Å². The molecule has 0 spiro atoms. The van der Waals surface area contributed by atoms with E-state index in [-0.39, 0.29) is 45.9 Å². The maximum absolute atomic E-state index is 14.8. The fraction of sp³-hybridized carbons (Fsp3) is 0.273. The molecule has 0 radical (unpaired) electrons. The van der Waals surface area contributed by atoms with Crippen LogP contribution in [-0.4, -0.2) is 53.3 Å². The number of amides is 1. The summed E-state index contributed by atoms with van der Waals surface area (Å²) in [6.07, 6.45) is -0.334. The van der Waals surface area contributed by atoms with E-state index in [1.807, 2.05) is 0 Å². The number of anilines is 1. The van der Waals surface area contributed by atoms with E-state index in [1.54, 1.807) is 33.8 Å². The van der Waals surface area contributed by atoms with Crippen LogP contribution in [0.4, 0.5) is 23.8 Å². The van der Waals surface area contributed by atoms with E-state index in [9.17, 15) is 33.3 Å². The van der Waals surface area contributed by atoms with Crippen molar-refractivity contribution in [1.29, 1.82) is 0 Å². The number of hydrogen-bond acceptors (Lipinski definition) is 8. The number of hydrogen-bond donors (Lipinski definition) is 5. The summed E-state index contributed by atoms with van der Waals surface area (Å²) in [5.41, 5.74) is 5.56. The molecule has 3 heterocycles. The number of aromatic nitrogens is 4. The third-order valence-corrected chi connectivity index (χ3v) is 8.64. The van der Waals surface area contributed by atoms with Crippen molar-refractivity contribution in [2.75, 3.05) is 12.3 Å². The smallest absolute Gasteiger partial charge is 0.405 e. The second kappa shape index (κ2) is 12.8. The molecule has 5 aromatic rings. The van der Waals surface area contributed by atoms with E-state index in [2.05, 4.69) is 20.4 Å². The minimum atomic E-state index is -1.68. The Morgan fingerprint density at radius 2 is 1.77 bits per heavy atom. The Bertz CT molecular complexity index is 2030. The average molecular weight is 685 g/mol. The zero-order valence-corrected chi connectivity index (χ0v) is 27.0. The first-order valence-corrected chi connectivity index (χ1v) is 14.9. The molecule has 252 valence electrons. The summed E-state index contributed by atoms with van der Waals surface area (Å²) in [5.74, 6) is -4.79. The van der Waals surface area contributed by atoms with E-state index in [4.69, 9.17) is 22.1 Å². The van der Waals surface area contributed by atoms with E-state index in [0.717, 1.165) is 12.1 Å². The molecule has 0 aliphatic carbocycles. The number of phenols is 2. The summed E-state index contributed by atoms with van der Waals surface area (Å²) in [6, 6.07) is 9.52. The number of rotatable bonds is 9. The second-order valence-electron chi connectivity index (χ2n) is 12.4. The SMILES string of the molecule is Cc1nn(Cc2c(O)cccc2O)c2ncc(-c3cc(OC[C@@](Cc4ccc(F)c(F)c4F)(NC(=O)O)C(C)(C)C)c(N)nc3Cl)cc12. The van der Waals surface area contributed by atoms with Crippen LogP contribution in [0.5, 0.6) is 17.2 Å². The molecule has 1 amide bonds. The van der Waals surface area contributed by atoms with Gasteiger partial charge in [0, 0.05) is 29.1 Å². The van der Waals surface area contributed by atoms with Gasteiger partial charge in [-0.1, -0.05) is 44.5 Å². The lowest BCUT2D eigenvalue weighted by Gasteiger charge is -2.44. The lowest BCUT2D eigenvalue weighted by Crippen LogP contribution is -2.62.